The summed E-state index contributed by atoms with van der Waals surface area (Å²) in [7, 11) is 0. The Morgan fingerprint density at radius 1 is 1.09 bits per heavy atom. The van der Waals surface area contributed by atoms with Gasteiger partial charge < -0.3 is 20.3 Å². The minimum Gasteiger partial charge on any atom is -0.461 e. The second kappa shape index (κ2) is 12.9. The highest BCUT2D eigenvalue weighted by Crippen LogP contribution is 2.50. The minimum atomic E-state index is -0.960. The quantitative estimate of drug-likeness (QED) is 0.204. The zero-order chi connectivity index (χ0) is 37.6. The molecule has 1 spiro atoms. The van der Waals surface area contributed by atoms with Gasteiger partial charge in [0.25, 0.3) is 0 Å². The lowest BCUT2D eigenvalue weighted by molar-refractivity contribution is -0.144. The molecule has 0 unspecified atom stereocenters. The van der Waals surface area contributed by atoms with Crippen LogP contribution < -0.4 is 15.4 Å². The number of nitrogens with zero attached hydrogens (tertiary/aromatic N) is 7. The van der Waals surface area contributed by atoms with E-state index in [1.54, 1.807) is 6.07 Å². The standard InChI is InChI=1S/C39H38ClF3N8O2S/c40-26-12-24-32(31(43)30(26)23-4-5-27(42)33-29(23)25(15-44)34(46)54-33)47-36(53-21-39-7-3-11-51(39)16-22(41)13-39)48-35(24)49-10-2-1-6-38(18-49)19-50(20-38)28(52)14-37(17-45)8-9-37/h4-5,12,22H,1-3,6-11,13-14,16,18-21,46H2/t22-,39+/m1/s1. The number of carbonyl (C=O) groups excluding carboxylic acids is 1. The lowest BCUT2D eigenvalue weighted by Gasteiger charge is -2.51. The van der Waals surface area contributed by atoms with Crippen LogP contribution in [0, 0.1) is 45.1 Å². The average molecular weight is 775 g/mol. The number of nitrogen functional groups attached to an aromatic ring is 1. The maximum absolute atomic E-state index is 17.3. The van der Waals surface area contributed by atoms with E-state index >= 15 is 8.78 Å². The number of amides is 1. The van der Waals surface area contributed by atoms with Gasteiger partial charge in [-0.05, 0) is 62.8 Å². The number of hydrogen-bond donors (Lipinski definition) is 1. The van der Waals surface area contributed by atoms with Crippen LogP contribution in [0.5, 0.6) is 6.01 Å². The molecule has 5 aliphatic rings. The smallest absolute Gasteiger partial charge is 0.319 e. The van der Waals surface area contributed by atoms with Crippen molar-refractivity contribution in [1.29, 1.82) is 10.5 Å². The number of likely N-dealkylation sites (tertiary alicyclic amines) is 1. The number of fused-ring (bicyclic) bond motifs is 3. The molecular weight excluding hydrogens is 737 g/mol. The zero-order valence-corrected chi connectivity index (χ0v) is 31.1. The van der Waals surface area contributed by atoms with E-state index < -0.39 is 28.8 Å². The summed E-state index contributed by atoms with van der Waals surface area (Å²) in [6.45, 7) is 3.55. The first-order valence-corrected chi connectivity index (χ1v) is 19.7. The van der Waals surface area contributed by atoms with Crippen LogP contribution in [0.15, 0.2) is 18.2 Å². The SMILES string of the molecule is N#Cc1c(N)sc2c(F)ccc(-c3c(Cl)cc4c(N5CCCCC6(CN(C(=O)CC7(C#N)CC7)C6)C5)nc(OC[C@@]56CCCN5C[C@H](F)C6)nc4c3F)c12. The number of halogens is 4. The largest absolute Gasteiger partial charge is 0.461 e. The number of rotatable bonds is 7. The molecule has 4 aliphatic heterocycles. The molecule has 280 valence electrons. The van der Waals surface area contributed by atoms with Crippen LogP contribution >= 0.6 is 22.9 Å². The van der Waals surface area contributed by atoms with Crippen molar-refractivity contribution in [2.75, 3.05) is 56.5 Å². The summed E-state index contributed by atoms with van der Waals surface area (Å²) in [6.07, 6.45) is 5.50. The molecule has 6 heterocycles. The predicted octanol–water partition coefficient (Wildman–Crippen LogP) is 7.36. The summed E-state index contributed by atoms with van der Waals surface area (Å²) >= 11 is 7.86. The third-order valence-corrected chi connectivity index (χ3v) is 13.8. The van der Waals surface area contributed by atoms with E-state index in [1.807, 2.05) is 11.0 Å². The number of nitriles is 2. The Morgan fingerprint density at radius 2 is 1.91 bits per heavy atom. The van der Waals surface area contributed by atoms with Gasteiger partial charge in [0.2, 0.25) is 5.91 Å². The van der Waals surface area contributed by atoms with Crippen molar-refractivity contribution in [2.24, 2.45) is 10.8 Å². The molecule has 2 N–H and O–H groups in total. The van der Waals surface area contributed by atoms with Crippen LogP contribution in [0.25, 0.3) is 32.1 Å². The maximum atomic E-state index is 17.3. The van der Waals surface area contributed by atoms with Gasteiger partial charge in [0.05, 0.1) is 32.3 Å². The lowest BCUT2D eigenvalue weighted by atomic mass is 9.75. The Kier molecular flexibility index (Phi) is 8.41. The first-order chi connectivity index (χ1) is 26.0. The third kappa shape index (κ3) is 5.71. The Hall–Kier alpha value is -4.37. The fourth-order valence-corrected chi connectivity index (χ4v) is 10.7. The molecule has 4 aromatic rings. The van der Waals surface area contributed by atoms with Crippen molar-refractivity contribution in [1.82, 2.24) is 19.8 Å². The normalized spacial score (nSPS) is 24.3. The molecule has 2 atom stereocenters. The van der Waals surface area contributed by atoms with E-state index in [0.29, 0.717) is 50.3 Å². The molecule has 1 saturated carbocycles. The second-order valence-electron chi connectivity index (χ2n) is 16.1. The number of anilines is 2. The number of carbonyl (C=O) groups is 1. The van der Waals surface area contributed by atoms with Gasteiger partial charge in [-0.3, -0.25) is 9.69 Å². The number of alkyl halides is 1. The van der Waals surface area contributed by atoms with Crippen molar-refractivity contribution in [2.45, 2.75) is 69.5 Å². The number of benzene rings is 2. The van der Waals surface area contributed by atoms with Crippen LogP contribution in [-0.2, 0) is 4.79 Å². The summed E-state index contributed by atoms with van der Waals surface area (Å²) in [4.78, 5) is 28.8. The van der Waals surface area contributed by atoms with Crippen molar-refractivity contribution >= 4 is 60.7 Å². The zero-order valence-electron chi connectivity index (χ0n) is 29.6. The fourth-order valence-electron chi connectivity index (χ4n) is 9.49. The van der Waals surface area contributed by atoms with E-state index in [-0.39, 0.29) is 72.7 Å². The number of thiophene rings is 1. The van der Waals surface area contributed by atoms with Crippen molar-refractivity contribution < 1.29 is 22.7 Å². The summed E-state index contributed by atoms with van der Waals surface area (Å²) in [6, 6.07) is 8.52. The molecule has 15 heteroatoms. The molecule has 9 rings (SSSR count). The molecule has 1 amide bonds. The molecule has 0 bridgehead atoms. The van der Waals surface area contributed by atoms with E-state index in [4.69, 9.17) is 27.1 Å². The van der Waals surface area contributed by atoms with Gasteiger partial charge in [0, 0.05) is 67.3 Å². The van der Waals surface area contributed by atoms with Crippen LogP contribution in [0.4, 0.5) is 24.0 Å². The highest BCUT2D eigenvalue weighted by Gasteiger charge is 2.52. The number of hydrogen-bond acceptors (Lipinski definition) is 10. The van der Waals surface area contributed by atoms with Gasteiger partial charge in [-0.1, -0.05) is 24.1 Å². The summed E-state index contributed by atoms with van der Waals surface area (Å²) in [5, 5.41) is 20.2. The average Bonchev–Trinajstić information content (AvgIpc) is 3.62. The topological polar surface area (TPSA) is 135 Å². The molecule has 54 heavy (non-hydrogen) atoms. The third-order valence-electron chi connectivity index (χ3n) is 12.5. The van der Waals surface area contributed by atoms with Gasteiger partial charge in [-0.2, -0.15) is 20.5 Å². The van der Waals surface area contributed by atoms with Crippen LogP contribution in [0.2, 0.25) is 5.02 Å². The second-order valence-corrected chi connectivity index (χ2v) is 17.5. The molecule has 5 fully saturated rings. The minimum absolute atomic E-state index is 0.00428. The summed E-state index contributed by atoms with van der Waals surface area (Å²) < 4.78 is 53.4. The van der Waals surface area contributed by atoms with Crippen LogP contribution in [0.3, 0.4) is 0 Å². The first kappa shape index (κ1) is 35.3. The number of aromatic nitrogens is 2. The molecule has 2 aromatic heterocycles. The molecule has 4 saturated heterocycles. The molecule has 10 nitrogen and oxygen atoms in total. The summed E-state index contributed by atoms with van der Waals surface area (Å²) in [5.74, 6) is -0.929. The highest BCUT2D eigenvalue weighted by atomic mass is 35.5. The lowest BCUT2D eigenvalue weighted by Crippen LogP contribution is -2.62. The Labute approximate surface area is 319 Å². The van der Waals surface area contributed by atoms with Gasteiger partial charge >= 0.3 is 6.01 Å². The van der Waals surface area contributed by atoms with E-state index in [1.165, 1.54) is 12.1 Å². The molecule has 0 radical (unpaired) electrons. The monoisotopic (exact) mass is 774 g/mol. The maximum Gasteiger partial charge on any atom is 0.319 e. The predicted molar refractivity (Wildman–Crippen MR) is 200 cm³/mol. The Morgan fingerprint density at radius 3 is 2.67 bits per heavy atom. The Bertz CT molecular complexity index is 2320. The van der Waals surface area contributed by atoms with Crippen molar-refractivity contribution in [3.05, 3.63) is 40.4 Å². The molecular formula is C39H38ClF3N8O2S. The molecule has 2 aromatic carbocycles. The van der Waals surface area contributed by atoms with Gasteiger partial charge in [0.15, 0.2) is 5.82 Å². The first-order valence-electron chi connectivity index (χ1n) is 18.5. The van der Waals surface area contributed by atoms with Crippen LogP contribution in [0.1, 0.15) is 63.4 Å². The number of ether oxygens (including phenoxy) is 1. The highest BCUT2D eigenvalue weighted by molar-refractivity contribution is 7.23. The fraction of sp³-hybridized carbons (Fsp3) is 0.513. The van der Waals surface area contributed by atoms with E-state index in [2.05, 4.69) is 20.9 Å². The van der Waals surface area contributed by atoms with Crippen molar-refractivity contribution in [3.63, 3.8) is 0 Å². The summed E-state index contributed by atoms with van der Waals surface area (Å²) in [5.41, 5.74) is 5.02. The van der Waals surface area contributed by atoms with Crippen molar-refractivity contribution in [3.8, 4) is 29.3 Å². The van der Waals surface area contributed by atoms with E-state index in [0.717, 1.165) is 62.8 Å². The Balaban J connectivity index is 1.12. The van der Waals surface area contributed by atoms with Gasteiger partial charge in [-0.25, -0.2) is 13.2 Å². The van der Waals surface area contributed by atoms with Gasteiger partial charge in [0.1, 0.15) is 41.0 Å². The number of nitrogens with two attached hydrogens (primary N) is 1. The van der Waals surface area contributed by atoms with Crippen LogP contribution in [-0.4, -0.2) is 83.3 Å². The molecule has 1 aliphatic carbocycles. The van der Waals surface area contributed by atoms with Gasteiger partial charge in [-0.15, -0.1) is 11.3 Å². The van der Waals surface area contributed by atoms with E-state index in [9.17, 15) is 19.7 Å².